The molecule has 164 valence electrons. The molecule has 32 heavy (non-hydrogen) atoms. The van der Waals surface area contributed by atoms with Gasteiger partial charge in [0.25, 0.3) is 0 Å². The minimum Gasteiger partial charge on any atom is -0.305 e. The average molecular weight is 462 g/mol. The summed E-state index contributed by atoms with van der Waals surface area (Å²) < 4.78 is 0. The molecule has 1 heterocycles. The second-order valence-corrected chi connectivity index (χ2v) is 10.2. The predicted molar refractivity (Wildman–Crippen MR) is 133 cm³/mol. The van der Waals surface area contributed by atoms with Gasteiger partial charge in [-0.1, -0.05) is 35.9 Å². The van der Waals surface area contributed by atoms with E-state index in [0.717, 1.165) is 12.0 Å². The summed E-state index contributed by atoms with van der Waals surface area (Å²) in [6, 6.07) is 22.6. The fourth-order valence-electron chi connectivity index (χ4n) is 4.03. The molecular weight excluding hydrogens is 434 g/mol. The van der Waals surface area contributed by atoms with Crippen LogP contribution in [0.15, 0.2) is 60.0 Å². The van der Waals surface area contributed by atoms with Gasteiger partial charge in [0.15, 0.2) is 0 Å². The second kappa shape index (κ2) is 10.3. The minimum absolute atomic E-state index is 0.0544. The van der Waals surface area contributed by atoms with Gasteiger partial charge in [-0.15, -0.1) is 11.3 Å². The molecule has 0 aliphatic rings. The van der Waals surface area contributed by atoms with Gasteiger partial charge in [-0.05, 0) is 86.5 Å². The fraction of sp³-hybridized carbons (Fsp3) is 0.333. The number of nitrogens with one attached hydrogen (secondary N) is 1. The standard InChI is InChI=1S/C27H28ClN3S/c1-18-12-13-32-25(18)26(27(3,4)17-30)31-19(2)24(15-20-8-10-23(28)11-9-20)22-7-5-6-21(14-22)16-29/h5-14,19,24,26,31H,15H2,1-4H3/t19-,24+,26?/m0/s1. The minimum atomic E-state index is -0.580. The molecule has 3 nitrogen and oxygen atoms in total. The Labute approximate surface area is 200 Å². The summed E-state index contributed by atoms with van der Waals surface area (Å²) in [6.45, 7) is 8.24. The first-order chi connectivity index (χ1) is 15.2. The third kappa shape index (κ3) is 5.59. The van der Waals surface area contributed by atoms with Gasteiger partial charge in [0.05, 0.1) is 29.2 Å². The van der Waals surface area contributed by atoms with Crippen molar-refractivity contribution < 1.29 is 0 Å². The summed E-state index contributed by atoms with van der Waals surface area (Å²) in [6.07, 6.45) is 0.795. The van der Waals surface area contributed by atoms with E-state index in [1.54, 1.807) is 11.3 Å². The zero-order chi connectivity index (χ0) is 23.3. The van der Waals surface area contributed by atoms with Gasteiger partial charge >= 0.3 is 0 Å². The summed E-state index contributed by atoms with van der Waals surface area (Å²) in [5, 5.41) is 25.9. The van der Waals surface area contributed by atoms with Crippen LogP contribution in [0.25, 0.3) is 0 Å². The van der Waals surface area contributed by atoms with Gasteiger partial charge in [-0.3, -0.25) is 0 Å². The molecule has 2 aromatic carbocycles. The van der Waals surface area contributed by atoms with Crippen molar-refractivity contribution >= 4 is 22.9 Å². The molecule has 0 spiro atoms. The van der Waals surface area contributed by atoms with Crippen molar-refractivity contribution in [3.63, 3.8) is 0 Å². The first-order valence-electron chi connectivity index (χ1n) is 10.7. The molecule has 1 N–H and O–H groups in total. The molecule has 3 rings (SSSR count). The maximum atomic E-state index is 9.92. The van der Waals surface area contributed by atoms with E-state index in [1.807, 2.05) is 44.2 Å². The third-order valence-electron chi connectivity index (χ3n) is 6.02. The van der Waals surface area contributed by atoms with Gasteiger partial charge in [-0.25, -0.2) is 0 Å². The van der Waals surface area contributed by atoms with Crippen molar-refractivity contribution in [3.8, 4) is 12.1 Å². The van der Waals surface area contributed by atoms with Crippen LogP contribution in [0.1, 0.15) is 59.9 Å². The van der Waals surface area contributed by atoms with Crippen LogP contribution in [0.2, 0.25) is 5.02 Å². The molecule has 3 aromatic rings. The highest BCUT2D eigenvalue weighted by atomic mass is 35.5. The molecule has 0 saturated heterocycles. The van der Waals surface area contributed by atoms with E-state index in [4.69, 9.17) is 11.6 Å². The number of aryl methyl sites for hydroxylation is 1. The van der Waals surface area contributed by atoms with Gasteiger partial charge in [-0.2, -0.15) is 10.5 Å². The highest BCUT2D eigenvalue weighted by Crippen LogP contribution is 2.39. The van der Waals surface area contributed by atoms with Crippen molar-refractivity contribution in [3.05, 3.63) is 92.1 Å². The van der Waals surface area contributed by atoms with Gasteiger partial charge in [0, 0.05) is 21.9 Å². The smallest absolute Gasteiger partial charge is 0.0991 e. The van der Waals surface area contributed by atoms with Crippen molar-refractivity contribution in [2.24, 2.45) is 5.41 Å². The van der Waals surface area contributed by atoms with E-state index in [0.29, 0.717) is 10.6 Å². The Hall–Kier alpha value is -2.63. The molecule has 1 unspecified atom stereocenters. The number of nitrogens with zero attached hydrogens (tertiary/aromatic N) is 2. The number of rotatable bonds is 8. The maximum Gasteiger partial charge on any atom is 0.0991 e. The monoisotopic (exact) mass is 461 g/mol. The molecular formula is C27H28ClN3S. The Bertz CT molecular complexity index is 1130. The topological polar surface area (TPSA) is 59.6 Å². The Morgan fingerprint density at radius 2 is 1.81 bits per heavy atom. The van der Waals surface area contributed by atoms with Crippen molar-refractivity contribution in [1.82, 2.24) is 5.32 Å². The molecule has 0 saturated carbocycles. The van der Waals surface area contributed by atoms with Gasteiger partial charge in [0.2, 0.25) is 0 Å². The lowest BCUT2D eigenvalue weighted by molar-refractivity contribution is 0.284. The third-order valence-corrected chi connectivity index (χ3v) is 7.36. The van der Waals surface area contributed by atoms with Gasteiger partial charge in [0.1, 0.15) is 0 Å². The average Bonchev–Trinajstić information content (AvgIpc) is 3.22. The van der Waals surface area contributed by atoms with Crippen LogP contribution in [0.5, 0.6) is 0 Å². The summed E-state index contributed by atoms with van der Waals surface area (Å²) in [5.41, 5.74) is 3.56. The van der Waals surface area contributed by atoms with E-state index in [-0.39, 0.29) is 18.0 Å². The predicted octanol–water partition coefficient (Wildman–Crippen LogP) is 7.18. The second-order valence-electron chi connectivity index (χ2n) is 8.86. The Morgan fingerprint density at radius 3 is 2.41 bits per heavy atom. The molecule has 3 atom stereocenters. The lowest BCUT2D eigenvalue weighted by Gasteiger charge is -2.35. The normalized spacial score (nSPS) is 14.2. The van der Waals surface area contributed by atoms with E-state index >= 15 is 0 Å². The molecule has 0 aliphatic heterocycles. The highest BCUT2D eigenvalue weighted by molar-refractivity contribution is 7.10. The summed E-state index contributed by atoms with van der Waals surface area (Å²) >= 11 is 7.79. The number of hydrogen-bond acceptors (Lipinski definition) is 4. The zero-order valence-electron chi connectivity index (χ0n) is 18.9. The molecule has 0 amide bonds. The van der Waals surface area contributed by atoms with Crippen LogP contribution in [-0.4, -0.2) is 6.04 Å². The first-order valence-corrected chi connectivity index (χ1v) is 12.0. The lowest BCUT2D eigenvalue weighted by atomic mass is 9.81. The summed E-state index contributed by atoms with van der Waals surface area (Å²) in [5.74, 6) is 0.113. The SMILES string of the molecule is Cc1ccsc1C(N[C@@H](C)[C@@H](Cc1ccc(Cl)cc1)c1cccc(C#N)c1)C(C)(C)C#N. The van der Waals surface area contributed by atoms with Crippen LogP contribution in [0.4, 0.5) is 0 Å². The molecule has 0 aliphatic carbocycles. The summed E-state index contributed by atoms with van der Waals surface area (Å²) in [7, 11) is 0. The van der Waals surface area contributed by atoms with E-state index in [1.165, 1.54) is 16.0 Å². The molecule has 1 aromatic heterocycles. The molecule has 0 radical (unpaired) electrons. The molecule has 0 bridgehead atoms. The van der Waals surface area contributed by atoms with Crippen LogP contribution in [-0.2, 0) is 6.42 Å². The number of halogens is 1. The van der Waals surface area contributed by atoms with Crippen LogP contribution < -0.4 is 5.32 Å². The largest absolute Gasteiger partial charge is 0.305 e. The fourth-order valence-corrected chi connectivity index (χ4v) is 5.33. The lowest BCUT2D eigenvalue weighted by Crippen LogP contribution is -2.42. The highest BCUT2D eigenvalue weighted by Gasteiger charge is 2.35. The Balaban J connectivity index is 1.98. The van der Waals surface area contributed by atoms with Crippen LogP contribution in [0, 0.1) is 35.0 Å². The Kier molecular flexibility index (Phi) is 7.75. The number of thiophene rings is 1. The maximum absolute atomic E-state index is 9.92. The number of benzene rings is 2. The van der Waals surface area contributed by atoms with Gasteiger partial charge < -0.3 is 5.32 Å². The van der Waals surface area contributed by atoms with E-state index in [9.17, 15) is 10.5 Å². The summed E-state index contributed by atoms with van der Waals surface area (Å²) in [4.78, 5) is 1.19. The number of nitriles is 2. The van der Waals surface area contributed by atoms with Crippen molar-refractivity contribution in [2.45, 2.75) is 52.1 Å². The molecule has 0 fully saturated rings. The first kappa shape index (κ1) is 24.0. The molecule has 5 heteroatoms. The van der Waals surface area contributed by atoms with Crippen LogP contribution >= 0.6 is 22.9 Å². The quantitative estimate of drug-likeness (QED) is 0.386. The van der Waals surface area contributed by atoms with Crippen LogP contribution in [0.3, 0.4) is 0 Å². The number of hydrogen-bond donors (Lipinski definition) is 1. The van der Waals surface area contributed by atoms with Crippen molar-refractivity contribution in [1.29, 1.82) is 10.5 Å². The zero-order valence-corrected chi connectivity index (χ0v) is 20.5. The van der Waals surface area contributed by atoms with Crippen molar-refractivity contribution in [2.75, 3.05) is 0 Å². The van der Waals surface area contributed by atoms with E-state index < -0.39 is 5.41 Å². The van der Waals surface area contributed by atoms with E-state index in [2.05, 4.69) is 60.9 Å². The Morgan fingerprint density at radius 1 is 1.09 bits per heavy atom.